The molecule has 5 rings (SSSR count). The number of carbonyl (C=O) groups excluding carboxylic acids is 1. The Morgan fingerprint density at radius 1 is 1.05 bits per heavy atom. The minimum atomic E-state index is -0.338. The molecule has 4 aromatic rings. The summed E-state index contributed by atoms with van der Waals surface area (Å²) in [5.74, 6) is 2.44. The first-order valence-electron chi connectivity index (χ1n) is 12.2. The van der Waals surface area contributed by atoms with E-state index < -0.39 is 0 Å². The highest BCUT2D eigenvalue weighted by atomic mass is 32.1. The van der Waals surface area contributed by atoms with Gasteiger partial charge in [-0.25, -0.2) is 14.8 Å². The molecule has 0 spiro atoms. The van der Waals surface area contributed by atoms with E-state index in [0.29, 0.717) is 35.3 Å². The van der Waals surface area contributed by atoms with Crippen molar-refractivity contribution >= 4 is 45.0 Å². The third-order valence-electron chi connectivity index (χ3n) is 6.67. The first-order chi connectivity index (χ1) is 17.9. The highest BCUT2D eigenvalue weighted by Gasteiger charge is 2.26. The van der Waals surface area contributed by atoms with E-state index in [9.17, 15) is 4.79 Å². The van der Waals surface area contributed by atoms with Gasteiger partial charge in [-0.1, -0.05) is 12.1 Å². The van der Waals surface area contributed by atoms with Crippen molar-refractivity contribution in [3.63, 3.8) is 0 Å². The Morgan fingerprint density at radius 3 is 2.41 bits per heavy atom. The van der Waals surface area contributed by atoms with Crippen LogP contribution < -0.4 is 19.7 Å². The molecule has 0 radical (unpaired) electrons. The van der Waals surface area contributed by atoms with Crippen LogP contribution in [0.1, 0.15) is 38.8 Å². The average molecular weight is 519 g/mol. The number of hydrogen-bond donors (Lipinski definition) is 1. The highest BCUT2D eigenvalue weighted by Crippen LogP contribution is 2.39. The molecule has 0 amide bonds. The second kappa shape index (κ2) is 10.3. The molecule has 1 aliphatic heterocycles. The lowest BCUT2D eigenvalue weighted by molar-refractivity contribution is 0.0527. The number of benzene rings is 2. The Morgan fingerprint density at radius 2 is 1.73 bits per heavy atom. The topological polar surface area (TPSA) is 85.8 Å². The zero-order chi connectivity index (χ0) is 26.1. The van der Waals surface area contributed by atoms with E-state index in [4.69, 9.17) is 24.2 Å². The molecular formula is C28H30N4O4S. The Hall–Kier alpha value is -3.85. The van der Waals surface area contributed by atoms with Gasteiger partial charge < -0.3 is 24.4 Å². The largest absolute Gasteiger partial charge is 0.493 e. The van der Waals surface area contributed by atoms with Gasteiger partial charge in [-0.05, 0) is 68.1 Å². The molecule has 1 aliphatic rings. The van der Waals surface area contributed by atoms with Crippen LogP contribution in [0.2, 0.25) is 0 Å². The number of anilines is 3. The summed E-state index contributed by atoms with van der Waals surface area (Å²) in [4.78, 5) is 26.0. The third kappa shape index (κ3) is 4.67. The fourth-order valence-corrected chi connectivity index (χ4v) is 5.68. The van der Waals surface area contributed by atoms with Crippen molar-refractivity contribution in [2.24, 2.45) is 0 Å². The van der Waals surface area contributed by atoms with E-state index >= 15 is 0 Å². The van der Waals surface area contributed by atoms with Crippen molar-refractivity contribution < 1.29 is 19.0 Å². The summed E-state index contributed by atoms with van der Waals surface area (Å²) in [6, 6.07) is 11.9. The summed E-state index contributed by atoms with van der Waals surface area (Å²) in [6.45, 7) is 7.48. The monoisotopic (exact) mass is 518 g/mol. The van der Waals surface area contributed by atoms with Gasteiger partial charge in [0.15, 0.2) is 23.1 Å². The molecule has 0 fully saturated rings. The Balaban J connectivity index is 1.58. The van der Waals surface area contributed by atoms with Crippen LogP contribution in [-0.4, -0.2) is 43.3 Å². The number of nitrogens with one attached hydrogen (secondary N) is 1. The van der Waals surface area contributed by atoms with Crippen molar-refractivity contribution in [1.29, 1.82) is 0 Å². The zero-order valence-electron chi connectivity index (χ0n) is 21.7. The smallest absolute Gasteiger partial charge is 0.341 e. The number of methoxy groups -OCH3 is 2. The van der Waals surface area contributed by atoms with Crippen LogP contribution in [0.25, 0.3) is 11.0 Å². The SMILES string of the molecule is CCOC(=O)c1c(Nc2nc3ccccc3nc2N2CCc3cc(OC)c(OC)cc3C2)sc(C)c1C. The number of ether oxygens (including phenoxy) is 3. The number of nitrogens with zero attached hydrogens (tertiary/aromatic N) is 3. The maximum atomic E-state index is 12.8. The van der Waals surface area contributed by atoms with E-state index in [1.165, 1.54) is 16.9 Å². The van der Waals surface area contributed by atoms with E-state index in [2.05, 4.69) is 16.3 Å². The van der Waals surface area contributed by atoms with Gasteiger partial charge >= 0.3 is 5.97 Å². The molecule has 0 unspecified atom stereocenters. The van der Waals surface area contributed by atoms with E-state index in [-0.39, 0.29) is 5.97 Å². The van der Waals surface area contributed by atoms with Crippen molar-refractivity contribution in [3.8, 4) is 11.5 Å². The first kappa shape index (κ1) is 24.8. The molecular weight excluding hydrogens is 488 g/mol. The van der Waals surface area contributed by atoms with Crippen LogP contribution in [0.4, 0.5) is 16.6 Å². The van der Waals surface area contributed by atoms with Gasteiger partial charge in [0.2, 0.25) is 0 Å². The van der Waals surface area contributed by atoms with Crippen molar-refractivity contribution in [1.82, 2.24) is 9.97 Å². The lowest BCUT2D eigenvalue weighted by Crippen LogP contribution is -2.32. The van der Waals surface area contributed by atoms with Crippen molar-refractivity contribution in [2.45, 2.75) is 33.7 Å². The molecule has 1 N–H and O–H groups in total. The number of esters is 1. The minimum Gasteiger partial charge on any atom is -0.493 e. The van der Waals surface area contributed by atoms with Crippen LogP contribution in [0, 0.1) is 13.8 Å². The van der Waals surface area contributed by atoms with Crippen molar-refractivity contribution in [2.75, 3.05) is 37.6 Å². The maximum absolute atomic E-state index is 12.8. The summed E-state index contributed by atoms with van der Waals surface area (Å²) in [5.41, 5.74) is 5.43. The molecule has 37 heavy (non-hydrogen) atoms. The Bertz CT molecular complexity index is 1480. The summed E-state index contributed by atoms with van der Waals surface area (Å²) >= 11 is 1.52. The predicted octanol–water partition coefficient (Wildman–Crippen LogP) is 5.81. The first-order valence-corrected chi connectivity index (χ1v) is 13.0. The van der Waals surface area contributed by atoms with Gasteiger partial charge in [0.1, 0.15) is 5.00 Å². The lowest BCUT2D eigenvalue weighted by atomic mass is 9.98. The second-order valence-electron chi connectivity index (χ2n) is 8.86. The summed E-state index contributed by atoms with van der Waals surface area (Å²) in [6.07, 6.45) is 0.828. The molecule has 8 nitrogen and oxygen atoms in total. The second-order valence-corrected chi connectivity index (χ2v) is 10.1. The van der Waals surface area contributed by atoms with Crippen LogP contribution in [-0.2, 0) is 17.7 Å². The maximum Gasteiger partial charge on any atom is 0.341 e. The summed E-state index contributed by atoms with van der Waals surface area (Å²) < 4.78 is 16.4. The van der Waals surface area contributed by atoms with Crippen molar-refractivity contribution in [3.05, 3.63) is 63.5 Å². The molecule has 192 valence electrons. The highest BCUT2D eigenvalue weighted by molar-refractivity contribution is 7.16. The van der Waals surface area contributed by atoms with Gasteiger partial charge in [0, 0.05) is 18.0 Å². The molecule has 0 saturated heterocycles. The zero-order valence-corrected chi connectivity index (χ0v) is 22.5. The molecule has 0 atom stereocenters. The lowest BCUT2D eigenvalue weighted by Gasteiger charge is -2.31. The van der Waals surface area contributed by atoms with Gasteiger partial charge in [0.25, 0.3) is 0 Å². The number of aryl methyl sites for hydroxylation is 1. The average Bonchev–Trinajstić information content (AvgIpc) is 3.19. The van der Waals surface area contributed by atoms with E-state index in [0.717, 1.165) is 51.6 Å². The third-order valence-corrected chi connectivity index (χ3v) is 7.79. The molecule has 0 bridgehead atoms. The van der Waals surface area contributed by atoms with Crippen LogP contribution in [0.5, 0.6) is 11.5 Å². The standard InChI is InChI=1S/C28H30N4O4S/c1-6-36-28(33)24-16(2)17(3)37-27(24)31-25-26(30-21-10-8-7-9-20(21)29-25)32-12-11-18-13-22(34-4)23(35-5)14-19(18)15-32/h7-10,13-14H,6,11-12,15H2,1-5H3,(H,29,31). The molecule has 0 aliphatic carbocycles. The summed E-state index contributed by atoms with van der Waals surface area (Å²) in [5, 5.41) is 4.17. The molecule has 3 heterocycles. The number of fused-ring (bicyclic) bond motifs is 2. The van der Waals surface area contributed by atoms with Crippen LogP contribution >= 0.6 is 11.3 Å². The number of aromatic nitrogens is 2. The van der Waals surface area contributed by atoms with Gasteiger partial charge in [-0.2, -0.15) is 0 Å². The molecule has 2 aromatic heterocycles. The Labute approximate surface area is 220 Å². The predicted molar refractivity (Wildman–Crippen MR) is 147 cm³/mol. The fraction of sp³-hybridized carbons (Fsp3) is 0.321. The molecule has 9 heteroatoms. The van der Waals surface area contributed by atoms with Gasteiger partial charge in [-0.15, -0.1) is 11.3 Å². The fourth-order valence-electron chi connectivity index (χ4n) is 4.63. The van der Waals surface area contributed by atoms with Gasteiger partial charge in [-0.3, -0.25) is 0 Å². The number of rotatable bonds is 7. The van der Waals surface area contributed by atoms with E-state index in [1.54, 1.807) is 14.2 Å². The number of para-hydroxylation sites is 2. The number of thiophene rings is 1. The minimum absolute atomic E-state index is 0.315. The van der Waals surface area contributed by atoms with Gasteiger partial charge in [0.05, 0.1) is 37.4 Å². The number of hydrogen-bond acceptors (Lipinski definition) is 9. The molecule has 2 aromatic carbocycles. The molecule has 0 saturated carbocycles. The Kier molecular flexibility index (Phi) is 6.88. The van der Waals surface area contributed by atoms with E-state index in [1.807, 2.05) is 51.1 Å². The quantitative estimate of drug-likeness (QED) is 0.307. The van der Waals surface area contributed by atoms with Crippen LogP contribution in [0.15, 0.2) is 36.4 Å². The summed E-state index contributed by atoms with van der Waals surface area (Å²) in [7, 11) is 3.30. The van der Waals surface area contributed by atoms with Crippen LogP contribution in [0.3, 0.4) is 0 Å². The number of carbonyl (C=O) groups is 1. The normalized spacial score (nSPS) is 12.8.